The first-order valence-corrected chi connectivity index (χ1v) is 8.85. The summed E-state index contributed by atoms with van der Waals surface area (Å²) in [5, 5.41) is 4.22. The topological polar surface area (TPSA) is 70.7 Å². The number of pyridine rings is 1. The fraction of sp³-hybridized carbons (Fsp3) is 0.421. The summed E-state index contributed by atoms with van der Waals surface area (Å²) in [5.74, 6) is 0.800. The van der Waals surface area contributed by atoms with Gasteiger partial charge in [-0.25, -0.2) is 9.78 Å². The van der Waals surface area contributed by atoms with Gasteiger partial charge in [-0.2, -0.15) is 5.10 Å². The van der Waals surface area contributed by atoms with Crippen molar-refractivity contribution in [3.05, 3.63) is 47.7 Å². The van der Waals surface area contributed by atoms with Crippen LogP contribution in [0.2, 0.25) is 0 Å². The molecule has 0 fully saturated rings. The Morgan fingerprint density at radius 2 is 2.00 bits per heavy atom. The van der Waals surface area contributed by atoms with Gasteiger partial charge in [0.25, 0.3) is 0 Å². The summed E-state index contributed by atoms with van der Waals surface area (Å²) in [4.78, 5) is 16.4. The van der Waals surface area contributed by atoms with E-state index in [4.69, 9.17) is 9.47 Å². The zero-order valence-corrected chi connectivity index (χ0v) is 15.6. The van der Waals surface area contributed by atoms with Crippen molar-refractivity contribution in [3.63, 3.8) is 0 Å². The summed E-state index contributed by atoms with van der Waals surface area (Å²) in [6.07, 6.45) is 7.23. The number of hydrogen-bond acceptors (Lipinski definition) is 5. The second kappa shape index (κ2) is 7.59. The lowest BCUT2D eigenvalue weighted by atomic mass is 10.1. The zero-order valence-electron chi connectivity index (χ0n) is 15.6. The number of aromatic nitrogens is 4. The largest absolute Gasteiger partial charge is 0.490 e. The number of carbonyl (C=O) groups excluding carboxylic acids is 1. The number of carbonyl (C=O) groups is 1. The van der Waals surface area contributed by atoms with E-state index in [0.717, 1.165) is 17.1 Å². The number of hydrogen-bond donors (Lipinski definition) is 0. The maximum Gasteiger partial charge on any atom is 0.341 e. The SMILES string of the molecule is CCOC(=O)c1cnn(Cc2cn3cc(C(C)C)cc(OCC)c3n2)c1. The van der Waals surface area contributed by atoms with Crippen LogP contribution in [0.4, 0.5) is 0 Å². The van der Waals surface area contributed by atoms with E-state index in [1.54, 1.807) is 17.8 Å². The maximum absolute atomic E-state index is 11.8. The molecule has 7 heteroatoms. The van der Waals surface area contributed by atoms with E-state index in [2.05, 4.69) is 30.1 Å². The van der Waals surface area contributed by atoms with Crippen LogP contribution in [-0.4, -0.2) is 38.3 Å². The Morgan fingerprint density at radius 3 is 2.69 bits per heavy atom. The monoisotopic (exact) mass is 356 g/mol. The van der Waals surface area contributed by atoms with E-state index in [1.807, 2.05) is 23.6 Å². The third-order valence-electron chi connectivity index (χ3n) is 4.02. The van der Waals surface area contributed by atoms with Gasteiger partial charge in [0.1, 0.15) is 0 Å². The smallest absolute Gasteiger partial charge is 0.341 e. The van der Waals surface area contributed by atoms with Crippen LogP contribution >= 0.6 is 0 Å². The molecule has 3 rings (SSSR count). The van der Waals surface area contributed by atoms with Gasteiger partial charge in [-0.1, -0.05) is 13.8 Å². The minimum atomic E-state index is -0.367. The van der Waals surface area contributed by atoms with Crippen molar-refractivity contribution < 1.29 is 14.3 Å². The molecule has 0 aliphatic rings. The number of nitrogens with zero attached hydrogens (tertiary/aromatic N) is 4. The Balaban J connectivity index is 1.89. The van der Waals surface area contributed by atoms with Gasteiger partial charge in [0, 0.05) is 18.6 Å². The number of rotatable bonds is 7. The molecule has 0 bridgehead atoms. The summed E-state index contributed by atoms with van der Waals surface area (Å²) < 4.78 is 14.4. The van der Waals surface area contributed by atoms with Crippen LogP contribution in [0, 0.1) is 0 Å². The van der Waals surface area contributed by atoms with E-state index >= 15 is 0 Å². The van der Waals surface area contributed by atoms with Gasteiger partial charge >= 0.3 is 5.97 Å². The Kier molecular flexibility index (Phi) is 5.25. The predicted octanol–water partition coefficient (Wildman–Crippen LogP) is 3.28. The van der Waals surface area contributed by atoms with Crippen molar-refractivity contribution in [3.8, 4) is 5.75 Å². The van der Waals surface area contributed by atoms with Crippen molar-refractivity contribution >= 4 is 11.6 Å². The molecule has 0 atom stereocenters. The first-order chi connectivity index (χ1) is 12.5. The predicted molar refractivity (Wildman–Crippen MR) is 97.7 cm³/mol. The quantitative estimate of drug-likeness (QED) is 0.608. The standard InChI is InChI=1S/C19H24N4O3/c1-5-25-17-7-14(13(3)4)9-22-11-16(21-18(17)22)12-23-10-15(8-20-23)19(24)26-6-2/h7-11,13H,5-6,12H2,1-4H3. The van der Waals surface area contributed by atoms with Gasteiger partial charge in [0.2, 0.25) is 0 Å². The second-order valence-corrected chi connectivity index (χ2v) is 6.34. The highest BCUT2D eigenvalue weighted by molar-refractivity contribution is 5.88. The van der Waals surface area contributed by atoms with Crippen LogP contribution in [-0.2, 0) is 11.3 Å². The molecule has 26 heavy (non-hydrogen) atoms. The van der Waals surface area contributed by atoms with Crippen molar-refractivity contribution in [1.82, 2.24) is 19.2 Å². The number of imidazole rings is 1. The number of ether oxygens (including phenoxy) is 2. The molecular weight excluding hydrogens is 332 g/mol. The first-order valence-electron chi connectivity index (χ1n) is 8.85. The number of fused-ring (bicyclic) bond motifs is 1. The first kappa shape index (κ1) is 18.0. The molecule has 0 amide bonds. The Hall–Kier alpha value is -2.83. The third kappa shape index (κ3) is 3.71. The fourth-order valence-corrected chi connectivity index (χ4v) is 2.73. The van der Waals surface area contributed by atoms with Crippen molar-refractivity contribution in [1.29, 1.82) is 0 Å². The molecule has 7 nitrogen and oxygen atoms in total. The zero-order chi connectivity index (χ0) is 18.7. The van der Waals surface area contributed by atoms with Crippen molar-refractivity contribution in [2.24, 2.45) is 0 Å². The molecule has 0 aromatic carbocycles. The molecule has 0 radical (unpaired) electrons. The van der Waals surface area contributed by atoms with E-state index in [-0.39, 0.29) is 5.97 Å². The average Bonchev–Trinajstić information content (AvgIpc) is 3.22. The lowest BCUT2D eigenvalue weighted by molar-refractivity contribution is 0.0526. The third-order valence-corrected chi connectivity index (χ3v) is 4.02. The van der Waals surface area contributed by atoms with Crippen LogP contribution in [0.1, 0.15) is 55.2 Å². The van der Waals surface area contributed by atoms with E-state index in [0.29, 0.717) is 31.2 Å². The summed E-state index contributed by atoms with van der Waals surface area (Å²) >= 11 is 0. The van der Waals surface area contributed by atoms with E-state index < -0.39 is 0 Å². The van der Waals surface area contributed by atoms with Gasteiger partial charge in [0.15, 0.2) is 11.4 Å². The molecule has 0 spiro atoms. The molecule has 0 aliphatic carbocycles. The van der Waals surface area contributed by atoms with Crippen molar-refractivity contribution in [2.45, 2.75) is 40.2 Å². The van der Waals surface area contributed by atoms with E-state index in [1.165, 1.54) is 11.8 Å². The molecule has 0 saturated heterocycles. The molecule has 0 saturated carbocycles. The lowest BCUT2D eigenvalue weighted by Gasteiger charge is -2.10. The molecular formula is C19H24N4O3. The van der Waals surface area contributed by atoms with Gasteiger partial charge in [-0.15, -0.1) is 0 Å². The Bertz CT molecular complexity index is 911. The second-order valence-electron chi connectivity index (χ2n) is 6.34. The van der Waals surface area contributed by atoms with Crippen LogP contribution in [0.3, 0.4) is 0 Å². The average molecular weight is 356 g/mol. The molecule has 138 valence electrons. The summed E-state index contributed by atoms with van der Waals surface area (Å²) in [6, 6.07) is 2.05. The fourth-order valence-electron chi connectivity index (χ4n) is 2.73. The summed E-state index contributed by atoms with van der Waals surface area (Å²) in [7, 11) is 0. The Labute approximate surface area is 152 Å². The lowest BCUT2D eigenvalue weighted by Crippen LogP contribution is -2.04. The van der Waals surface area contributed by atoms with Gasteiger partial charge in [-0.3, -0.25) is 4.68 Å². The van der Waals surface area contributed by atoms with Crippen LogP contribution in [0.5, 0.6) is 5.75 Å². The molecule has 0 aliphatic heterocycles. The molecule has 3 heterocycles. The van der Waals surface area contributed by atoms with Crippen LogP contribution in [0.15, 0.2) is 30.9 Å². The van der Waals surface area contributed by atoms with E-state index in [9.17, 15) is 4.79 Å². The van der Waals surface area contributed by atoms with Crippen molar-refractivity contribution in [2.75, 3.05) is 13.2 Å². The van der Waals surface area contributed by atoms with Crippen LogP contribution in [0.25, 0.3) is 5.65 Å². The minimum absolute atomic E-state index is 0.342. The van der Waals surface area contributed by atoms with Gasteiger partial charge in [0.05, 0.1) is 37.2 Å². The van der Waals surface area contributed by atoms with Crippen LogP contribution < -0.4 is 4.74 Å². The molecule has 0 unspecified atom stereocenters. The highest BCUT2D eigenvalue weighted by Gasteiger charge is 2.13. The molecule has 3 aromatic heterocycles. The summed E-state index contributed by atoms with van der Waals surface area (Å²) in [6.45, 7) is 9.42. The molecule has 0 N–H and O–H groups in total. The molecule has 3 aromatic rings. The van der Waals surface area contributed by atoms with Gasteiger partial charge in [-0.05, 0) is 31.4 Å². The highest BCUT2D eigenvalue weighted by atomic mass is 16.5. The summed E-state index contributed by atoms with van der Waals surface area (Å²) in [5.41, 5.74) is 3.25. The van der Waals surface area contributed by atoms with Gasteiger partial charge < -0.3 is 13.9 Å². The minimum Gasteiger partial charge on any atom is -0.490 e. The number of esters is 1. The normalized spacial score (nSPS) is 11.3. The Morgan fingerprint density at radius 1 is 1.19 bits per heavy atom. The maximum atomic E-state index is 11.8. The highest BCUT2D eigenvalue weighted by Crippen LogP contribution is 2.26.